The van der Waals surface area contributed by atoms with Crippen molar-refractivity contribution < 1.29 is 14.5 Å². The normalized spacial score (nSPS) is 17.7. The molecule has 0 atom stereocenters. The zero-order valence-electron chi connectivity index (χ0n) is 16.5. The maximum absolute atomic E-state index is 12.1. The Labute approximate surface area is 179 Å². The van der Waals surface area contributed by atoms with Crippen molar-refractivity contribution in [3.8, 4) is 0 Å². The zero-order valence-corrected chi connectivity index (χ0v) is 17.3. The van der Waals surface area contributed by atoms with Crippen molar-refractivity contribution in [1.29, 1.82) is 0 Å². The van der Waals surface area contributed by atoms with E-state index in [0.29, 0.717) is 12.2 Å². The highest BCUT2D eigenvalue weighted by Gasteiger charge is 2.29. The highest BCUT2D eigenvalue weighted by atomic mass is 35.5. The van der Waals surface area contributed by atoms with Crippen LogP contribution in [0.3, 0.4) is 0 Å². The summed E-state index contributed by atoms with van der Waals surface area (Å²) in [5.74, 6) is 0. The van der Waals surface area contributed by atoms with E-state index < -0.39 is 11.0 Å². The van der Waals surface area contributed by atoms with Gasteiger partial charge in [0, 0.05) is 49.9 Å². The van der Waals surface area contributed by atoms with Crippen LogP contribution in [0.2, 0.25) is 5.02 Å². The number of non-ortho nitro benzene ring substituents is 1. The molecule has 0 bridgehead atoms. The molecule has 0 N–H and O–H groups in total. The maximum Gasteiger partial charge on any atom is 0.414 e. The fourth-order valence-corrected chi connectivity index (χ4v) is 4.07. The molecule has 2 aromatic rings. The first kappa shape index (κ1) is 20.4. The molecule has 158 valence electrons. The molecule has 4 rings (SSSR count). The van der Waals surface area contributed by atoms with Crippen molar-refractivity contribution in [2.24, 2.45) is 0 Å². The van der Waals surface area contributed by atoms with E-state index in [1.807, 2.05) is 24.3 Å². The van der Waals surface area contributed by atoms with Crippen LogP contribution in [0, 0.1) is 10.1 Å². The van der Waals surface area contributed by atoms with Crippen LogP contribution < -0.4 is 9.80 Å². The van der Waals surface area contributed by atoms with Gasteiger partial charge in [-0.2, -0.15) is 0 Å². The van der Waals surface area contributed by atoms with Gasteiger partial charge in [-0.25, -0.2) is 4.79 Å². The van der Waals surface area contributed by atoms with Gasteiger partial charge in [0.15, 0.2) is 0 Å². The number of ether oxygens (including phenoxy) is 1. The quantitative estimate of drug-likeness (QED) is 0.528. The van der Waals surface area contributed by atoms with Gasteiger partial charge in [0.2, 0.25) is 0 Å². The van der Waals surface area contributed by atoms with E-state index in [-0.39, 0.29) is 12.3 Å². The number of amides is 1. The fraction of sp³-hybridized carbons (Fsp3) is 0.381. The lowest BCUT2D eigenvalue weighted by Gasteiger charge is -2.28. The minimum atomic E-state index is -0.462. The molecule has 0 unspecified atom stereocenters. The lowest BCUT2D eigenvalue weighted by molar-refractivity contribution is -0.384. The molecule has 1 amide bonds. The van der Waals surface area contributed by atoms with E-state index in [4.69, 9.17) is 16.3 Å². The predicted molar refractivity (Wildman–Crippen MR) is 115 cm³/mol. The third-order valence-corrected chi connectivity index (χ3v) is 5.72. The summed E-state index contributed by atoms with van der Waals surface area (Å²) in [4.78, 5) is 29.0. The molecule has 0 radical (unpaired) electrons. The van der Waals surface area contributed by atoms with Gasteiger partial charge in [0.25, 0.3) is 5.69 Å². The SMILES string of the molecule is O=C1OCCN1c1cc([N+](=O)[O-])ccc1N1CCCN(Cc2ccc(Cl)cc2)CC1. The summed E-state index contributed by atoms with van der Waals surface area (Å²) in [5, 5.41) is 12.0. The second-order valence-corrected chi connectivity index (χ2v) is 7.88. The molecule has 0 spiro atoms. The van der Waals surface area contributed by atoms with Crippen LogP contribution in [0.1, 0.15) is 12.0 Å². The number of cyclic esters (lactones) is 1. The first-order valence-corrected chi connectivity index (χ1v) is 10.3. The van der Waals surface area contributed by atoms with Crippen molar-refractivity contribution in [1.82, 2.24) is 4.90 Å². The highest BCUT2D eigenvalue weighted by Crippen LogP contribution is 2.35. The number of carbonyl (C=O) groups is 1. The monoisotopic (exact) mass is 430 g/mol. The first-order chi connectivity index (χ1) is 14.5. The van der Waals surface area contributed by atoms with E-state index in [2.05, 4.69) is 9.80 Å². The Morgan fingerprint density at radius 2 is 1.80 bits per heavy atom. The summed E-state index contributed by atoms with van der Waals surface area (Å²) in [6.45, 7) is 4.90. The van der Waals surface area contributed by atoms with Gasteiger partial charge in [0.05, 0.1) is 22.8 Å². The van der Waals surface area contributed by atoms with Crippen LogP contribution >= 0.6 is 11.6 Å². The minimum absolute atomic E-state index is 0.0346. The van der Waals surface area contributed by atoms with Crippen molar-refractivity contribution in [2.75, 3.05) is 49.1 Å². The average Bonchev–Trinajstić information content (AvgIpc) is 3.03. The molecule has 2 saturated heterocycles. The molecular weight excluding hydrogens is 408 g/mol. The van der Waals surface area contributed by atoms with Gasteiger partial charge in [-0.1, -0.05) is 23.7 Å². The van der Waals surface area contributed by atoms with Crippen LogP contribution in [-0.4, -0.2) is 55.2 Å². The minimum Gasteiger partial charge on any atom is -0.447 e. The number of anilines is 2. The van der Waals surface area contributed by atoms with Gasteiger partial charge < -0.3 is 9.64 Å². The number of hydrogen-bond acceptors (Lipinski definition) is 6. The predicted octanol–water partition coefficient (Wildman–Crippen LogP) is 3.92. The van der Waals surface area contributed by atoms with Crippen LogP contribution in [-0.2, 0) is 11.3 Å². The Hall–Kier alpha value is -2.84. The number of halogens is 1. The Morgan fingerprint density at radius 1 is 1.00 bits per heavy atom. The average molecular weight is 431 g/mol. The summed E-state index contributed by atoms with van der Waals surface area (Å²) >= 11 is 5.98. The van der Waals surface area contributed by atoms with Crippen LogP contribution in [0.5, 0.6) is 0 Å². The fourth-order valence-electron chi connectivity index (χ4n) is 3.94. The number of benzene rings is 2. The Morgan fingerprint density at radius 3 is 2.50 bits per heavy atom. The van der Waals surface area contributed by atoms with E-state index in [9.17, 15) is 14.9 Å². The molecule has 0 saturated carbocycles. The van der Waals surface area contributed by atoms with Gasteiger partial charge in [-0.15, -0.1) is 0 Å². The number of nitrogens with zero attached hydrogens (tertiary/aromatic N) is 4. The Kier molecular flexibility index (Phi) is 6.06. The summed E-state index contributed by atoms with van der Waals surface area (Å²) in [5.41, 5.74) is 2.54. The molecule has 2 aromatic carbocycles. The van der Waals surface area contributed by atoms with Crippen molar-refractivity contribution in [2.45, 2.75) is 13.0 Å². The summed E-state index contributed by atoms with van der Waals surface area (Å²) in [7, 11) is 0. The van der Waals surface area contributed by atoms with E-state index in [1.165, 1.54) is 22.6 Å². The molecule has 0 aromatic heterocycles. The molecular formula is C21H23ClN4O4. The lowest BCUT2D eigenvalue weighted by Crippen LogP contribution is -2.32. The third kappa shape index (κ3) is 4.49. The number of rotatable bonds is 5. The number of carbonyl (C=O) groups excluding carboxylic acids is 1. The molecule has 2 aliphatic heterocycles. The molecule has 2 fully saturated rings. The van der Waals surface area contributed by atoms with Crippen LogP contribution in [0.4, 0.5) is 21.9 Å². The van der Waals surface area contributed by atoms with Gasteiger partial charge in [-0.3, -0.25) is 19.9 Å². The second-order valence-electron chi connectivity index (χ2n) is 7.44. The third-order valence-electron chi connectivity index (χ3n) is 5.47. The Balaban J connectivity index is 1.52. The molecule has 8 nitrogen and oxygen atoms in total. The molecule has 0 aliphatic carbocycles. The summed E-state index contributed by atoms with van der Waals surface area (Å²) in [6, 6.07) is 12.6. The first-order valence-electron chi connectivity index (χ1n) is 9.96. The van der Waals surface area contributed by atoms with Crippen LogP contribution in [0.25, 0.3) is 0 Å². The number of nitro groups is 1. The van der Waals surface area contributed by atoms with E-state index >= 15 is 0 Å². The standard InChI is InChI=1S/C21H23ClN4O4/c22-17-4-2-16(3-5-17)15-23-8-1-9-24(11-10-23)19-7-6-18(26(28)29)14-20(19)25-12-13-30-21(25)27/h2-7,14H,1,8-13,15H2. The van der Waals surface area contributed by atoms with Crippen molar-refractivity contribution in [3.63, 3.8) is 0 Å². The molecule has 2 heterocycles. The Bertz CT molecular complexity index is 937. The van der Waals surface area contributed by atoms with E-state index in [1.54, 1.807) is 6.07 Å². The topological polar surface area (TPSA) is 79.2 Å². The number of nitro benzene ring substituents is 1. The molecule has 30 heavy (non-hydrogen) atoms. The van der Waals surface area contributed by atoms with Crippen LogP contribution in [0.15, 0.2) is 42.5 Å². The van der Waals surface area contributed by atoms with Crippen molar-refractivity contribution in [3.05, 3.63) is 63.2 Å². The summed E-state index contributed by atoms with van der Waals surface area (Å²) < 4.78 is 5.06. The smallest absolute Gasteiger partial charge is 0.414 e. The number of hydrogen-bond donors (Lipinski definition) is 0. The van der Waals surface area contributed by atoms with Gasteiger partial charge in [0.1, 0.15) is 6.61 Å². The zero-order chi connectivity index (χ0) is 21.1. The second kappa shape index (κ2) is 8.89. The molecule has 9 heteroatoms. The largest absolute Gasteiger partial charge is 0.447 e. The van der Waals surface area contributed by atoms with E-state index in [0.717, 1.165) is 49.9 Å². The lowest BCUT2D eigenvalue weighted by atomic mass is 10.2. The highest BCUT2D eigenvalue weighted by molar-refractivity contribution is 6.30. The van der Waals surface area contributed by atoms with Crippen molar-refractivity contribution >= 4 is 34.8 Å². The van der Waals surface area contributed by atoms with Gasteiger partial charge >= 0.3 is 6.09 Å². The molecule has 2 aliphatic rings. The summed E-state index contributed by atoms with van der Waals surface area (Å²) in [6.07, 6.45) is 0.491. The maximum atomic E-state index is 12.1. The van der Waals surface area contributed by atoms with Gasteiger partial charge in [-0.05, 0) is 30.2 Å².